The van der Waals surface area contributed by atoms with Gasteiger partial charge in [0.05, 0.1) is 17.5 Å². The second-order valence-electron chi connectivity index (χ2n) is 5.63. The summed E-state index contributed by atoms with van der Waals surface area (Å²) in [5, 5.41) is 25.9. The summed E-state index contributed by atoms with van der Waals surface area (Å²) in [6.07, 6.45) is 2.54. The smallest absolute Gasteiger partial charge is 0.251 e. The molecule has 0 aliphatic rings. The van der Waals surface area contributed by atoms with Crippen molar-refractivity contribution in [1.29, 1.82) is 5.26 Å². The molecule has 0 atom stereocenters. The zero-order valence-electron chi connectivity index (χ0n) is 13.8. The predicted molar refractivity (Wildman–Crippen MR) is 90.6 cm³/mol. The normalized spacial score (nSPS) is 11.1. The van der Waals surface area contributed by atoms with Gasteiger partial charge in [0.1, 0.15) is 17.5 Å². The van der Waals surface area contributed by atoms with E-state index in [2.05, 4.69) is 10.4 Å². The lowest BCUT2D eigenvalue weighted by molar-refractivity contribution is 0.0314. The highest BCUT2D eigenvalue weighted by molar-refractivity contribution is 5.94. The van der Waals surface area contributed by atoms with Gasteiger partial charge in [0.15, 0.2) is 0 Å². The molecule has 2 aromatic rings. The van der Waals surface area contributed by atoms with Crippen molar-refractivity contribution in [2.24, 2.45) is 0 Å². The predicted octanol–water partition coefficient (Wildman–Crippen LogP) is 1.61. The average Bonchev–Trinajstić information content (AvgIpc) is 3.00. The van der Waals surface area contributed by atoms with Gasteiger partial charge >= 0.3 is 0 Å². The molecule has 0 spiro atoms. The number of amides is 1. The first-order valence-corrected chi connectivity index (χ1v) is 7.78. The third kappa shape index (κ3) is 3.55. The summed E-state index contributed by atoms with van der Waals surface area (Å²) >= 11 is 0. The number of nitrogens with two attached hydrogens (primary N) is 1. The molecular weight excluding hydrogens is 306 g/mol. The fourth-order valence-electron chi connectivity index (χ4n) is 2.25. The molecule has 4 N–H and O–H groups in total. The Morgan fingerprint density at radius 1 is 1.38 bits per heavy atom. The Morgan fingerprint density at radius 2 is 2.00 bits per heavy atom. The summed E-state index contributed by atoms with van der Waals surface area (Å²) in [7, 11) is 0. The Morgan fingerprint density at radius 3 is 2.50 bits per heavy atom. The van der Waals surface area contributed by atoms with Crippen molar-refractivity contribution in [1.82, 2.24) is 15.1 Å². The van der Waals surface area contributed by atoms with E-state index in [0.29, 0.717) is 29.7 Å². The molecule has 0 saturated heterocycles. The number of nitrogen functional groups attached to an aromatic ring is 1. The van der Waals surface area contributed by atoms with Crippen LogP contribution >= 0.6 is 0 Å². The second-order valence-corrected chi connectivity index (χ2v) is 5.63. The molecule has 0 radical (unpaired) electrons. The second kappa shape index (κ2) is 7.15. The van der Waals surface area contributed by atoms with Crippen molar-refractivity contribution < 1.29 is 9.90 Å². The maximum Gasteiger partial charge on any atom is 0.251 e. The van der Waals surface area contributed by atoms with Crippen LogP contribution in [0.25, 0.3) is 5.69 Å². The van der Waals surface area contributed by atoms with Crippen LogP contribution in [-0.4, -0.2) is 32.9 Å². The van der Waals surface area contributed by atoms with Gasteiger partial charge in [-0.15, -0.1) is 0 Å². The first kappa shape index (κ1) is 17.5. The van der Waals surface area contributed by atoms with Gasteiger partial charge in [-0.1, -0.05) is 13.8 Å². The molecule has 0 bridgehead atoms. The van der Waals surface area contributed by atoms with Crippen LogP contribution in [0.1, 0.15) is 42.6 Å². The summed E-state index contributed by atoms with van der Waals surface area (Å²) in [5.41, 5.74) is 6.39. The van der Waals surface area contributed by atoms with Crippen LogP contribution in [0.15, 0.2) is 30.5 Å². The SMILES string of the molecule is CCC(O)(CC)CNC(=O)c1ccc(-n2ncc(C#N)c2N)cc1. The molecule has 1 aromatic heterocycles. The Kier molecular flexibility index (Phi) is 5.21. The number of benzene rings is 1. The van der Waals surface area contributed by atoms with E-state index >= 15 is 0 Å². The van der Waals surface area contributed by atoms with Crippen molar-refractivity contribution in [3.8, 4) is 11.8 Å². The number of nitrogens with one attached hydrogen (secondary N) is 1. The molecule has 2 rings (SSSR count). The lowest BCUT2D eigenvalue weighted by Crippen LogP contribution is -2.42. The number of carbonyl (C=O) groups is 1. The van der Waals surface area contributed by atoms with Gasteiger partial charge in [-0.2, -0.15) is 10.4 Å². The van der Waals surface area contributed by atoms with Crippen molar-refractivity contribution in [2.45, 2.75) is 32.3 Å². The number of nitriles is 1. The van der Waals surface area contributed by atoms with E-state index in [9.17, 15) is 9.90 Å². The van der Waals surface area contributed by atoms with Crippen molar-refractivity contribution in [2.75, 3.05) is 12.3 Å². The lowest BCUT2D eigenvalue weighted by atomic mass is 9.97. The minimum absolute atomic E-state index is 0.207. The van der Waals surface area contributed by atoms with E-state index in [1.807, 2.05) is 19.9 Å². The van der Waals surface area contributed by atoms with E-state index in [4.69, 9.17) is 11.0 Å². The van der Waals surface area contributed by atoms with Gasteiger partial charge in [-0.05, 0) is 37.1 Å². The molecule has 0 fully saturated rings. The molecule has 0 aliphatic carbocycles. The molecule has 1 heterocycles. The molecule has 0 aliphatic heterocycles. The zero-order valence-corrected chi connectivity index (χ0v) is 13.8. The van der Waals surface area contributed by atoms with Gasteiger partial charge in [-0.25, -0.2) is 4.68 Å². The first-order chi connectivity index (χ1) is 11.4. The fourth-order valence-corrected chi connectivity index (χ4v) is 2.25. The minimum Gasteiger partial charge on any atom is -0.388 e. The van der Waals surface area contributed by atoms with Crippen molar-refractivity contribution in [3.63, 3.8) is 0 Å². The number of carbonyl (C=O) groups excluding carboxylic acids is 1. The number of aliphatic hydroxyl groups is 1. The molecule has 1 amide bonds. The largest absolute Gasteiger partial charge is 0.388 e. The number of hydrogen-bond acceptors (Lipinski definition) is 5. The molecule has 7 nitrogen and oxygen atoms in total. The highest BCUT2D eigenvalue weighted by Gasteiger charge is 2.23. The molecule has 7 heteroatoms. The van der Waals surface area contributed by atoms with Gasteiger partial charge in [0.2, 0.25) is 0 Å². The number of anilines is 1. The van der Waals surface area contributed by atoms with E-state index in [1.165, 1.54) is 10.9 Å². The van der Waals surface area contributed by atoms with Gasteiger partial charge in [0, 0.05) is 12.1 Å². The summed E-state index contributed by atoms with van der Waals surface area (Å²) in [6, 6.07) is 8.66. The summed E-state index contributed by atoms with van der Waals surface area (Å²) in [5.74, 6) is -0.00122. The Balaban J connectivity index is 2.10. The fraction of sp³-hybridized carbons (Fsp3) is 0.353. The molecule has 1 aromatic carbocycles. The maximum atomic E-state index is 12.2. The number of rotatable bonds is 6. The number of hydrogen-bond donors (Lipinski definition) is 3. The van der Waals surface area contributed by atoms with Crippen LogP contribution in [0, 0.1) is 11.3 Å². The highest BCUT2D eigenvalue weighted by Crippen LogP contribution is 2.17. The quantitative estimate of drug-likeness (QED) is 0.745. The number of nitrogens with zero attached hydrogens (tertiary/aromatic N) is 3. The van der Waals surface area contributed by atoms with Crippen LogP contribution < -0.4 is 11.1 Å². The van der Waals surface area contributed by atoms with Gasteiger partial charge < -0.3 is 16.2 Å². The van der Waals surface area contributed by atoms with Crippen LogP contribution in [0.2, 0.25) is 0 Å². The van der Waals surface area contributed by atoms with Crippen LogP contribution in [0.5, 0.6) is 0 Å². The maximum absolute atomic E-state index is 12.2. The summed E-state index contributed by atoms with van der Waals surface area (Å²) in [4.78, 5) is 12.2. The molecule has 0 saturated carbocycles. The molecule has 0 unspecified atom stereocenters. The van der Waals surface area contributed by atoms with Crippen molar-refractivity contribution >= 4 is 11.7 Å². The summed E-state index contributed by atoms with van der Waals surface area (Å²) < 4.78 is 1.44. The topological polar surface area (TPSA) is 117 Å². The Hall–Kier alpha value is -2.85. The van der Waals surface area contributed by atoms with Crippen LogP contribution in [-0.2, 0) is 0 Å². The van der Waals surface area contributed by atoms with Crippen molar-refractivity contribution in [3.05, 3.63) is 41.6 Å². The molecule has 24 heavy (non-hydrogen) atoms. The zero-order chi connectivity index (χ0) is 17.7. The minimum atomic E-state index is -0.882. The van der Waals surface area contributed by atoms with E-state index in [0.717, 1.165) is 0 Å². The van der Waals surface area contributed by atoms with E-state index in [-0.39, 0.29) is 18.3 Å². The van der Waals surface area contributed by atoms with E-state index in [1.54, 1.807) is 24.3 Å². The summed E-state index contributed by atoms with van der Waals surface area (Å²) in [6.45, 7) is 3.97. The van der Waals surface area contributed by atoms with Gasteiger partial charge in [-0.3, -0.25) is 4.79 Å². The van der Waals surface area contributed by atoms with E-state index < -0.39 is 5.60 Å². The Labute approximate surface area is 140 Å². The first-order valence-electron chi connectivity index (χ1n) is 7.78. The molecule has 126 valence electrons. The highest BCUT2D eigenvalue weighted by atomic mass is 16.3. The Bertz CT molecular complexity index is 754. The third-order valence-corrected chi connectivity index (χ3v) is 4.20. The van der Waals surface area contributed by atoms with Gasteiger partial charge in [0.25, 0.3) is 5.91 Å². The average molecular weight is 327 g/mol. The molecular formula is C17H21N5O2. The standard InChI is InChI=1S/C17H21N5O2/c1-3-17(24,4-2)11-20-16(23)12-5-7-14(8-6-12)22-15(19)13(9-18)10-21-22/h5-8,10,24H,3-4,11,19H2,1-2H3,(H,20,23). The lowest BCUT2D eigenvalue weighted by Gasteiger charge is -2.25. The van der Waals surface area contributed by atoms with Crippen LogP contribution in [0.4, 0.5) is 5.82 Å². The number of aromatic nitrogens is 2. The third-order valence-electron chi connectivity index (χ3n) is 4.20. The van der Waals surface area contributed by atoms with Crippen LogP contribution in [0.3, 0.4) is 0 Å². The monoisotopic (exact) mass is 327 g/mol.